The summed E-state index contributed by atoms with van der Waals surface area (Å²) in [6, 6.07) is -0.0690. The van der Waals surface area contributed by atoms with Crippen LogP contribution in [-0.4, -0.2) is 53.3 Å². The summed E-state index contributed by atoms with van der Waals surface area (Å²) < 4.78 is 5.16. The number of amides is 2. The van der Waals surface area contributed by atoms with Crippen LogP contribution in [0.15, 0.2) is 0 Å². The molecule has 0 spiro atoms. The molecule has 19 heavy (non-hydrogen) atoms. The van der Waals surface area contributed by atoms with E-state index in [0.717, 1.165) is 12.8 Å². The van der Waals surface area contributed by atoms with Crippen LogP contribution >= 0.6 is 0 Å². The van der Waals surface area contributed by atoms with Crippen LogP contribution < -0.4 is 5.32 Å². The van der Waals surface area contributed by atoms with E-state index in [-0.39, 0.29) is 31.1 Å². The highest BCUT2D eigenvalue weighted by atomic mass is 16.5. The van der Waals surface area contributed by atoms with E-state index in [9.17, 15) is 9.59 Å². The van der Waals surface area contributed by atoms with E-state index in [1.165, 1.54) is 0 Å². The first kappa shape index (κ1) is 15.8. The van der Waals surface area contributed by atoms with Gasteiger partial charge in [0.2, 0.25) is 0 Å². The fourth-order valence-corrected chi connectivity index (χ4v) is 2.08. The first-order valence-electron chi connectivity index (χ1n) is 6.56. The third kappa shape index (κ3) is 4.70. The number of carbonyl (C=O) groups excluding carboxylic acids is 1. The van der Waals surface area contributed by atoms with Crippen molar-refractivity contribution in [2.24, 2.45) is 0 Å². The van der Waals surface area contributed by atoms with Crippen molar-refractivity contribution >= 4 is 12.0 Å². The lowest BCUT2D eigenvalue weighted by Crippen LogP contribution is -2.56. The van der Waals surface area contributed by atoms with Gasteiger partial charge in [-0.3, -0.25) is 4.79 Å². The molecule has 110 valence electrons. The molecule has 1 aliphatic carbocycles. The molecule has 1 rings (SSSR count). The van der Waals surface area contributed by atoms with Crippen molar-refractivity contribution < 1.29 is 19.4 Å². The van der Waals surface area contributed by atoms with Crippen LogP contribution in [0.4, 0.5) is 4.79 Å². The van der Waals surface area contributed by atoms with Gasteiger partial charge in [0.05, 0.1) is 12.5 Å². The monoisotopic (exact) mass is 272 g/mol. The fraction of sp³-hybridized carbons (Fsp3) is 0.846. The number of rotatable bonds is 5. The van der Waals surface area contributed by atoms with Gasteiger partial charge in [-0.1, -0.05) is 0 Å². The largest absolute Gasteiger partial charge is 0.481 e. The van der Waals surface area contributed by atoms with Crippen molar-refractivity contribution in [3.63, 3.8) is 0 Å². The second kappa shape index (κ2) is 6.23. The second-order valence-corrected chi connectivity index (χ2v) is 5.94. The minimum absolute atomic E-state index is 0.0456. The Hall–Kier alpha value is -1.30. The van der Waals surface area contributed by atoms with Crippen LogP contribution in [0, 0.1) is 0 Å². The molecule has 0 unspecified atom stereocenters. The molecule has 2 amide bonds. The first-order chi connectivity index (χ1) is 8.74. The molecule has 1 aliphatic rings. The summed E-state index contributed by atoms with van der Waals surface area (Å²) in [6.45, 7) is 5.90. The van der Waals surface area contributed by atoms with E-state index >= 15 is 0 Å². The molecule has 0 saturated heterocycles. The Bertz CT molecular complexity index is 332. The average molecular weight is 272 g/mol. The van der Waals surface area contributed by atoms with Gasteiger partial charge in [0.25, 0.3) is 0 Å². The van der Waals surface area contributed by atoms with Gasteiger partial charge in [0, 0.05) is 25.2 Å². The molecule has 2 N–H and O–H groups in total. The molecule has 1 fully saturated rings. The summed E-state index contributed by atoms with van der Waals surface area (Å²) in [5.41, 5.74) is -0.399. The second-order valence-electron chi connectivity index (χ2n) is 5.94. The van der Waals surface area contributed by atoms with Gasteiger partial charge in [0.15, 0.2) is 0 Å². The Kier molecular flexibility index (Phi) is 5.17. The molecule has 0 aromatic heterocycles. The van der Waals surface area contributed by atoms with Gasteiger partial charge < -0.3 is 20.1 Å². The maximum absolute atomic E-state index is 12.2. The Labute approximate surface area is 114 Å². The molecule has 0 aromatic carbocycles. The lowest BCUT2D eigenvalue weighted by molar-refractivity contribution is -0.137. The van der Waals surface area contributed by atoms with Crippen molar-refractivity contribution in [3.8, 4) is 0 Å². The molecule has 0 bridgehead atoms. The molecule has 0 atom stereocenters. The highest BCUT2D eigenvalue weighted by molar-refractivity contribution is 5.76. The van der Waals surface area contributed by atoms with E-state index < -0.39 is 11.5 Å². The van der Waals surface area contributed by atoms with Gasteiger partial charge >= 0.3 is 12.0 Å². The lowest BCUT2D eigenvalue weighted by atomic mass is 9.89. The zero-order valence-electron chi connectivity index (χ0n) is 12.1. The quantitative estimate of drug-likeness (QED) is 0.794. The molecule has 6 heteroatoms. The summed E-state index contributed by atoms with van der Waals surface area (Å²) in [5.74, 6) is -0.898. The smallest absolute Gasteiger partial charge is 0.318 e. The van der Waals surface area contributed by atoms with E-state index in [4.69, 9.17) is 9.84 Å². The van der Waals surface area contributed by atoms with Gasteiger partial charge in [0.1, 0.15) is 0 Å². The molecule has 0 aromatic rings. The number of hydrogen-bond donors (Lipinski definition) is 2. The van der Waals surface area contributed by atoms with Crippen molar-refractivity contribution in [1.82, 2.24) is 10.2 Å². The third-order valence-electron chi connectivity index (χ3n) is 3.36. The SMILES string of the molecule is COC1CC(NC(=O)N(CCC(=O)O)C(C)(C)C)C1. The number of carboxylic acids is 1. The standard InChI is InChI=1S/C13H24N2O4/c1-13(2,3)15(6-5-11(16)17)12(18)14-9-7-10(8-9)19-4/h9-10H,5-8H2,1-4H3,(H,14,18)(H,16,17). The van der Waals surface area contributed by atoms with Crippen molar-refractivity contribution in [1.29, 1.82) is 0 Å². The van der Waals surface area contributed by atoms with Crippen molar-refractivity contribution in [2.45, 2.75) is 57.7 Å². The summed E-state index contributed by atoms with van der Waals surface area (Å²) >= 11 is 0. The molecule has 6 nitrogen and oxygen atoms in total. The highest BCUT2D eigenvalue weighted by Crippen LogP contribution is 2.23. The van der Waals surface area contributed by atoms with E-state index in [1.54, 1.807) is 12.0 Å². The lowest BCUT2D eigenvalue weighted by Gasteiger charge is -2.40. The fourth-order valence-electron chi connectivity index (χ4n) is 2.08. The van der Waals surface area contributed by atoms with E-state index in [1.807, 2.05) is 20.8 Å². The summed E-state index contributed by atoms with van der Waals surface area (Å²) in [5, 5.41) is 11.7. The minimum atomic E-state index is -0.898. The number of nitrogens with one attached hydrogen (secondary N) is 1. The molecule has 0 heterocycles. The number of aliphatic carboxylic acids is 1. The molecular formula is C13H24N2O4. The van der Waals surface area contributed by atoms with Crippen molar-refractivity contribution in [3.05, 3.63) is 0 Å². The van der Waals surface area contributed by atoms with E-state index in [2.05, 4.69) is 5.32 Å². The molecular weight excluding hydrogens is 248 g/mol. The number of nitrogens with zero attached hydrogens (tertiary/aromatic N) is 1. The predicted molar refractivity (Wildman–Crippen MR) is 71.1 cm³/mol. The maximum Gasteiger partial charge on any atom is 0.318 e. The Balaban J connectivity index is 2.50. The van der Waals surface area contributed by atoms with Crippen LogP contribution in [0.25, 0.3) is 0 Å². The number of ether oxygens (including phenoxy) is 1. The topological polar surface area (TPSA) is 78.9 Å². The van der Waals surface area contributed by atoms with Crippen LogP contribution in [0.5, 0.6) is 0 Å². The van der Waals surface area contributed by atoms with Gasteiger partial charge in [-0.15, -0.1) is 0 Å². The Morgan fingerprint density at radius 1 is 1.37 bits per heavy atom. The third-order valence-corrected chi connectivity index (χ3v) is 3.36. The summed E-state index contributed by atoms with van der Waals surface area (Å²) in [6.07, 6.45) is 1.82. The zero-order chi connectivity index (χ0) is 14.6. The Morgan fingerprint density at radius 3 is 2.37 bits per heavy atom. The number of carbonyl (C=O) groups is 2. The Morgan fingerprint density at radius 2 is 1.95 bits per heavy atom. The van der Waals surface area contributed by atoms with Crippen molar-refractivity contribution in [2.75, 3.05) is 13.7 Å². The maximum atomic E-state index is 12.2. The van der Waals surface area contributed by atoms with Crippen LogP contribution in [0.2, 0.25) is 0 Å². The normalized spacial score (nSPS) is 22.5. The number of urea groups is 1. The number of methoxy groups -OCH3 is 1. The first-order valence-corrected chi connectivity index (χ1v) is 6.56. The van der Waals surface area contributed by atoms with Gasteiger partial charge in [-0.2, -0.15) is 0 Å². The van der Waals surface area contributed by atoms with Crippen LogP contribution in [0.1, 0.15) is 40.0 Å². The number of carboxylic acid groups (broad SMARTS) is 1. The van der Waals surface area contributed by atoms with Crippen LogP contribution in [0.3, 0.4) is 0 Å². The average Bonchev–Trinajstić information content (AvgIpc) is 2.20. The highest BCUT2D eigenvalue weighted by Gasteiger charge is 2.33. The summed E-state index contributed by atoms with van der Waals surface area (Å²) in [7, 11) is 1.66. The van der Waals surface area contributed by atoms with E-state index in [0.29, 0.717) is 0 Å². The van der Waals surface area contributed by atoms with Gasteiger partial charge in [-0.05, 0) is 33.6 Å². The predicted octanol–water partition coefficient (Wildman–Crippen LogP) is 1.45. The molecule has 0 aliphatic heterocycles. The molecule has 0 radical (unpaired) electrons. The van der Waals surface area contributed by atoms with Gasteiger partial charge in [-0.25, -0.2) is 4.79 Å². The summed E-state index contributed by atoms with van der Waals surface area (Å²) in [4.78, 5) is 24.4. The zero-order valence-corrected chi connectivity index (χ0v) is 12.1. The van der Waals surface area contributed by atoms with Crippen LogP contribution in [-0.2, 0) is 9.53 Å². The number of hydrogen-bond acceptors (Lipinski definition) is 3. The minimum Gasteiger partial charge on any atom is -0.481 e. The molecule has 1 saturated carbocycles.